The first kappa shape index (κ1) is 13.4. The van der Waals surface area contributed by atoms with Gasteiger partial charge in [0.05, 0.1) is 5.92 Å². The lowest BCUT2D eigenvalue weighted by Gasteiger charge is -2.13. The van der Waals surface area contributed by atoms with Gasteiger partial charge in [-0.2, -0.15) is 0 Å². The zero-order chi connectivity index (χ0) is 12.7. The average Bonchev–Trinajstić information content (AvgIpc) is 2.31. The maximum absolute atomic E-state index is 11.9. The molecule has 0 heterocycles. The summed E-state index contributed by atoms with van der Waals surface area (Å²) in [4.78, 5) is 23.7. The van der Waals surface area contributed by atoms with Crippen molar-refractivity contribution in [1.29, 1.82) is 0 Å². The number of hydrogen-bond donors (Lipinski definition) is 1. The van der Waals surface area contributed by atoms with E-state index >= 15 is 0 Å². The van der Waals surface area contributed by atoms with E-state index in [1.54, 1.807) is 0 Å². The first-order valence-electron chi connectivity index (χ1n) is 6.07. The van der Waals surface area contributed by atoms with E-state index < -0.39 is 5.92 Å². The number of anilines is 1. The molecule has 0 aliphatic heterocycles. The zero-order valence-electron chi connectivity index (χ0n) is 10.4. The average molecular weight is 233 g/mol. The smallest absolute Gasteiger partial charge is 0.234 e. The molecule has 1 amide bonds. The second-order valence-corrected chi connectivity index (χ2v) is 4.03. The van der Waals surface area contributed by atoms with E-state index in [1.165, 1.54) is 0 Å². The highest BCUT2D eigenvalue weighted by atomic mass is 16.2. The summed E-state index contributed by atoms with van der Waals surface area (Å²) in [5, 5.41) is 2.77. The van der Waals surface area contributed by atoms with Crippen molar-refractivity contribution in [1.82, 2.24) is 0 Å². The van der Waals surface area contributed by atoms with Crippen LogP contribution >= 0.6 is 0 Å². The number of hydrogen-bond acceptors (Lipinski definition) is 2. The second-order valence-electron chi connectivity index (χ2n) is 4.03. The van der Waals surface area contributed by atoms with Crippen LogP contribution in [0.5, 0.6) is 0 Å². The molecule has 0 spiro atoms. The summed E-state index contributed by atoms with van der Waals surface area (Å²) in [6.45, 7) is 3.81. The molecule has 0 saturated heterocycles. The fourth-order valence-corrected chi connectivity index (χ4v) is 1.73. The lowest BCUT2D eigenvalue weighted by Crippen LogP contribution is -2.29. The van der Waals surface area contributed by atoms with Gasteiger partial charge in [0.25, 0.3) is 0 Å². The molecule has 0 bridgehead atoms. The normalized spacial score (nSPS) is 11.9. The van der Waals surface area contributed by atoms with Crippen LogP contribution in [0.4, 0.5) is 5.69 Å². The maximum atomic E-state index is 11.9. The van der Waals surface area contributed by atoms with E-state index in [-0.39, 0.29) is 11.7 Å². The van der Waals surface area contributed by atoms with Gasteiger partial charge in [-0.25, -0.2) is 0 Å². The van der Waals surface area contributed by atoms with Crippen LogP contribution in [0.1, 0.15) is 33.1 Å². The fraction of sp³-hybridized carbons (Fsp3) is 0.429. The molecule has 1 atom stereocenters. The highest BCUT2D eigenvalue weighted by Gasteiger charge is 2.23. The Labute approximate surface area is 102 Å². The number of ketones is 1. The van der Waals surface area contributed by atoms with Crippen molar-refractivity contribution in [2.45, 2.75) is 33.1 Å². The highest BCUT2D eigenvalue weighted by Crippen LogP contribution is 2.13. The largest absolute Gasteiger partial charge is 0.325 e. The molecule has 3 nitrogen and oxygen atoms in total. The molecule has 1 rings (SSSR count). The minimum atomic E-state index is -0.518. The topological polar surface area (TPSA) is 46.2 Å². The van der Waals surface area contributed by atoms with Crippen molar-refractivity contribution < 1.29 is 9.59 Å². The van der Waals surface area contributed by atoms with Crippen LogP contribution in [0.3, 0.4) is 0 Å². The molecule has 0 aliphatic carbocycles. The zero-order valence-corrected chi connectivity index (χ0v) is 10.4. The van der Waals surface area contributed by atoms with Gasteiger partial charge in [-0.15, -0.1) is 0 Å². The Morgan fingerprint density at radius 1 is 1.18 bits per heavy atom. The minimum absolute atomic E-state index is 0.0310. The van der Waals surface area contributed by atoms with Gasteiger partial charge in [-0.3, -0.25) is 9.59 Å². The Morgan fingerprint density at radius 3 is 2.35 bits per heavy atom. The second kappa shape index (κ2) is 6.84. The van der Waals surface area contributed by atoms with E-state index in [0.717, 1.165) is 12.1 Å². The molecule has 0 unspecified atom stereocenters. The van der Waals surface area contributed by atoms with Crippen LogP contribution in [0.25, 0.3) is 0 Å². The number of carbonyl (C=O) groups excluding carboxylic acids is 2. The van der Waals surface area contributed by atoms with Crippen molar-refractivity contribution in [3.8, 4) is 0 Å². The Hall–Kier alpha value is -1.64. The first-order valence-corrected chi connectivity index (χ1v) is 6.07. The highest BCUT2D eigenvalue weighted by molar-refractivity contribution is 6.07. The van der Waals surface area contributed by atoms with E-state index in [0.29, 0.717) is 12.8 Å². The lowest BCUT2D eigenvalue weighted by molar-refractivity contribution is -0.131. The van der Waals surface area contributed by atoms with E-state index in [4.69, 9.17) is 0 Å². The summed E-state index contributed by atoms with van der Waals surface area (Å²) in [6, 6.07) is 9.22. The molecular formula is C14H19NO2. The van der Waals surface area contributed by atoms with Crippen LogP contribution in [0, 0.1) is 5.92 Å². The predicted molar refractivity (Wildman–Crippen MR) is 68.8 cm³/mol. The Bertz CT molecular complexity index is 373. The molecule has 0 aliphatic rings. The molecule has 0 saturated carbocycles. The minimum Gasteiger partial charge on any atom is -0.325 e. The van der Waals surface area contributed by atoms with Gasteiger partial charge in [0.15, 0.2) is 0 Å². The number of rotatable bonds is 6. The van der Waals surface area contributed by atoms with Crippen molar-refractivity contribution in [2.24, 2.45) is 5.92 Å². The van der Waals surface area contributed by atoms with Crippen molar-refractivity contribution in [2.75, 3.05) is 5.32 Å². The van der Waals surface area contributed by atoms with Gasteiger partial charge >= 0.3 is 0 Å². The van der Waals surface area contributed by atoms with Gasteiger partial charge in [0, 0.05) is 12.1 Å². The van der Waals surface area contributed by atoms with Gasteiger partial charge in [0.2, 0.25) is 5.91 Å². The molecule has 0 radical (unpaired) electrons. The number of nitrogens with one attached hydrogen (secondary N) is 1. The molecule has 3 heteroatoms. The SMILES string of the molecule is CCCC(=O)[C@@H](CC)C(=O)Nc1ccccc1. The lowest BCUT2D eigenvalue weighted by atomic mass is 9.97. The fourth-order valence-electron chi connectivity index (χ4n) is 1.73. The molecule has 1 aromatic carbocycles. The summed E-state index contributed by atoms with van der Waals surface area (Å²) >= 11 is 0. The van der Waals surface area contributed by atoms with Crippen molar-refractivity contribution >= 4 is 17.4 Å². The predicted octanol–water partition coefficient (Wildman–Crippen LogP) is 3.02. The molecule has 0 aromatic heterocycles. The summed E-state index contributed by atoms with van der Waals surface area (Å²) in [5.74, 6) is -0.685. The number of carbonyl (C=O) groups is 2. The van der Waals surface area contributed by atoms with E-state index in [9.17, 15) is 9.59 Å². The monoisotopic (exact) mass is 233 g/mol. The van der Waals surface area contributed by atoms with Crippen molar-refractivity contribution in [3.05, 3.63) is 30.3 Å². The molecule has 0 fully saturated rings. The third kappa shape index (κ3) is 4.02. The molecule has 17 heavy (non-hydrogen) atoms. The summed E-state index contributed by atoms with van der Waals surface area (Å²) in [5.41, 5.74) is 0.736. The summed E-state index contributed by atoms with van der Waals surface area (Å²) < 4.78 is 0. The molecule has 1 N–H and O–H groups in total. The van der Waals surface area contributed by atoms with E-state index in [2.05, 4.69) is 5.32 Å². The van der Waals surface area contributed by atoms with Crippen molar-refractivity contribution in [3.63, 3.8) is 0 Å². The van der Waals surface area contributed by atoms with Crippen LogP contribution in [-0.2, 0) is 9.59 Å². The third-order valence-electron chi connectivity index (χ3n) is 2.65. The quantitative estimate of drug-likeness (QED) is 0.768. The van der Waals surface area contributed by atoms with Crippen LogP contribution in [-0.4, -0.2) is 11.7 Å². The molecule has 92 valence electrons. The van der Waals surface area contributed by atoms with Gasteiger partial charge < -0.3 is 5.32 Å². The van der Waals surface area contributed by atoms with Crippen LogP contribution in [0.15, 0.2) is 30.3 Å². The van der Waals surface area contributed by atoms with Gasteiger partial charge in [0.1, 0.15) is 5.78 Å². The standard InChI is InChI=1S/C14H19NO2/c1-3-8-13(16)12(4-2)14(17)15-11-9-6-5-7-10-11/h5-7,9-10,12H,3-4,8H2,1-2H3,(H,15,17)/t12-/m1/s1. The number of benzene rings is 1. The maximum Gasteiger partial charge on any atom is 0.234 e. The first-order chi connectivity index (χ1) is 8.19. The Kier molecular flexibility index (Phi) is 5.40. The van der Waals surface area contributed by atoms with Crippen LogP contribution in [0.2, 0.25) is 0 Å². The van der Waals surface area contributed by atoms with Crippen LogP contribution < -0.4 is 5.32 Å². The summed E-state index contributed by atoms with van der Waals surface area (Å²) in [6.07, 6.45) is 1.81. The van der Waals surface area contributed by atoms with Gasteiger partial charge in [-0.05, 0) is 25.0 Å². The van der Waals surface area contributed by atoms with E-state index in [1.807, 2.05) is 44.2 Å². The molecule has 1 aromatic rings. The number of para-hydroxylation sites is 1. The Morgan fingerprint density at radius 2 is 1.82 bits per heavy atom. The molecular weight excluding hydrogens is 214 g/mol. The third-order valence-corrected chi connectivity index (χ3v) is 2.65. The number of Topliss-reactive ketones (excluding diaryl/α,β-unsaturated/α-hetero) is 1. The summed E-state index contributed by atoms with van der Waals surface area (Å²) in [7, 11) is 0. The number of amides is 1. The van der Waals surface area contributed by atoms with Gasteiger partial charge in [-0.1, -0.05) is 32.0 Å². The Balaban J connectivity index is 2.64.